The zero-order valence-corrected chi connectivity index (χ0v) is 12.5. The number of para-hydroxylation sites is 1. The third-order valence-corrected chi connectivity index (χ3v) is 5.24. The average molecular weight is 307 g/mol. The molecule has 7 heteroatoms. The molecule has 5 nitrogen and oxygen atoms in total. The van der Waals surface area contributed by atoms with Crippen molar-refractivity contribution in [2.75, 3.05) is 13.1 Å². The van der Waals surface area contributed by atoms with Gasteiger partial charge in [0.1, 0.15) is 0 Å². The van der Waals surface area contributed by atoms with Crippen molar-refractivity contribution in [1.29, 1.82) is 0 Å². The molecular weight excluding hydrogens is 294 g/mol. The van der Waals surface area contributed by atoms with Crippen molar-refractivity contribution in [3.63, 3.8) is 0 Å². The van der Waals surface area contributed by atoms with Crippen molar-refractivity contribution >= 4 is 45.3 Å². The number of hydrogen-bond acceptors (Lipinski definition) is 5. The molecule has 2 heterocycles. The summed E-state index contributed by atoms with van der Waals surface area (Å²) >= 11 is 2.97. The number of hydrogen-bond donors (Lipinski definition) is 1. The Hall–Kier alpha value is -1.60. The van der Waals surface area contributed by atoms with Crippen LogP contribution in [-0.4, -0.2) is 40.2 Å². The maximum atomic E-state index is 12.2. The van der Waals surface area contributed by atoms with E-state index in [2.05, 4.69) is 10.3 Å². The van der Waals surface area contributed by atoms with Crippen molar-refractivity contribution < 1.29 is 9.59 Å². The number of carbonyl (C=O) groups is 2. The lowest BCUT2D eigenvalue weighted by Crippen LogP contribution is -2.38. The molecule has 1 aromatic carbocycles. The fourth-order valence-electron chi connectivity index (χ4n) is 2.00. The van der Waals surface area contributed by atoms with Gasteiger partial charge in [-0.05, 0) is 19.1 Å². The summed E-state index contributed by atoms with van der Waals surface area (Å²) in [5.74, 6) is -0.163. The first-order chi connectivity index (χ1) is 9.65. The molecule has 1 fully saturated rings. The van der Waals surface area contributed by atoms with Crippen LogP contribution in [0.3, 0.4) is 0 Å². The van der Waals surface area contributed by atoms with Gasteiger partial charge in [-0.3, -0.25) is 9.69 Å². The first-order valence-corrected chi connectivity index (χ1v) is 7.96. The zero-order chi connectivity index (χ0) is 14.1. The van der Waals surface area contributed by atoms with Crippen LogP contribution in [0, 0.1) is 0 Å². The van der Waals surface area contributed by atoms with Gasteiger partial charge in [-0.1, -0.05) is 23.9 Å². The molecule has 0 saturated carbocycles. The Bertz CT molecular complexity index is 637. The van der Waals surface area contributed by atoms with E-state index in [0.717, 1.165) is 14.6 Å². The van der Waals surface area contributed by atoms with Crippen LogP contribution in [0.15, 0.2) is 28.6 Å². The minimum absolute atomic E-state index is 0.163. The van der Waals surface area contributed by atoms with E-state index in [1.54, 1.807) is 11.3 Å². The van der Waals surface area contributed by atoms with Crippen molar-refractivity contribution in [3.8, 4) is 0 Å². The lowest BCUT2D eigenvalue weighted by atomic mass is 10.3. The smallest absolute Gasteiger partial charge is 0.324 e. The molecule has 1 aliphatic rings. The number of amides is 3. The predicted molar refractivity (Wildman–Crippen MR) is 80.1 cm³/mol. The second kappa shape index (κ2) is 5.41. The van der Waals surface area contributed by atoms with Gasteiger partial charge in [-0.15, -0.1) is 11.3 Å². The maximum absolute atomic E-state index is 12.2. The van der Waals surface area contributed by atoms with Crippen LogP contribution in [0.5, 0.6) is 0 Å². The molecule has 3 rings (SSSR count). The average Bonchev–Trinajstić information content (AvgIpc) is 3.03. The normalized spacial score (nSPS) is 16.4. The van der Waals surface area contributed by atoms with E-state index in [-0.39, 0.29) is 17.2 Å². The number of rotatable bonds is 3. The summed E-state index contributed by atoms with van der Waals surface area (Å²) in [5, 5.41) is 2.31. The highest BCUT2D eigenvalue weighted by molar-refractivity contribution is 8.02. The Morgan fingerprint density at radius 1 is 1.50 bits per heavy atom. The van der Waals surface area contributed by atoms with Gasteiger partial charge in [-0.25, -0.2) is 9.78 Å². The summed E-state index contributed by atoms with van der Waals surface area (Å²) in [6.45, 7) is 2.79. The fraction of sp³-hybridized carbons (Fsp3) is 0.308. The molecule has 104 valence electrons. The number of thiazole rings is 1. The van der Waals surface area contributed by atoms with E-state index in [4.69, 9.17) is 0 Å². The van der Waals surface area contributed by atoms with Gasteiger partial charge in [0.15, 0.2) is 4.34 Å². The topological polar surface area (TPSA) is 62.3 Å². The molecule has 1 unspecified atom stereocenters. The van der Waals surface area contributed by atoms with Crippen molar-refractivity contribution in [2.24, 2.45) is 0 Å². The molecule has 1 saturated heterocycles. The van der Waals surface area contributed by atoms with Crippen molar-refractivity contribution in [3.05, 3.63) is 24.3 Å². The molecule has 1 aromatic heterocycles. The molecule has 2 aromatic rings. The highest BCUT2D eigenvalue weighted by Gasteiger charge is 2.30. The van der Waals surface area contributed by atoms with Crippen LogP contribution in [-0.2, 0) is 4.79 Å². The van der Waals surface area contributed by atoms with E-state index in [1.165, 1.54) is 16.7 Å². The fourth-order valence-corrected chi connectivity index (χ4v) is 4.28. The molecular formula is C13H13N3O2S2. The Kier molecular flexibility index (Phi) is 3.62. The molecule has 3 amide bonds. The summed E-state index contributed by atoms with van der Waals surface area (Å²) in [5.41, 5.74) is 0.943. The molecule has 20 heavy (non-hydrogen) atoms. The van der Waals surface area contributed by atoms with Gasteiger partial charge in [0.2, 0.25) is 5.91 Å². The van der Waals surface area contributed by atoms with Gasteiger partial charge in [-0.2, -0.15) is 0 Å². The molecule has 0 spiro atoms. The third-order valence-electron chi connectivity index (χ3n) is 3.02. The number of aromatic nitrogens is 1. The Morgan fingerprint density at radius 3 is 3.00 bits per heavy atom. The van der Waals surface area contributed by atoms with E-state index in [0.29, 0.717) is 13.1 Å². The molecule has 0 radical (unpaired) electrons. The van der Waals surface area contributed by atoms with Gasteiger partial charge < -0.3 is 5.32 Å². The number of nitrogens with zero attached hydrogens (tertiary/aromatic N) is 2. The van der Waals surface area contributed by atoms with Gasteiger partial charge in [0.25, 0.3) is 0 Å². The summed E-state index contributed by atoms with van der Waals surface area (Å²) in [6.07, 6.45) is 0. The van der Waals surface area contributed by atoms with E-state index in [1.807, 2.05) is 31.2 Å². The summed E-state index contributed by atoms with van der Waals surface area (Å²) < 4.78 is 1.96. The minimum atomic E-state index is -0.320. The van der Waals surface area contributed by atoms with Gasteiger partial charge in [0, 0.05) is 13.1 Å². The number of fused-ring (bicyclic) bond motifs is 1. The number of nitrogens with one attached hydrogen (secondary N) is 1. The number of carbonyl (C=O) groups excluding carboxylic acids is 2. The Morgan fingerprint density at radius 2 is 2.30 bits per heavy atom. The first-order valence-electron chi connectivity index (χ1n) is 6.26. The summed E-state index contributed by atoms with van der Waals surface area (Å²) in [4.78, 5) is 29.4. The predicted octanol–water partition coefficient (Wildman–Crippen LogP) is 2.33. The van der Waals surface area contributed by atoms with Gasteiger partial charge >= 0.3 is 6.03 Å². The van der Waals surface area contributed by atoms with Crippen LogP contribution in [0.4, 0.5) is 4.79 Å². The second-order valence-electron chi connectivity index (χ2n) is 4.43. The van der Waals surface area contributed by atoms with Crippen LogP contribution in [0.1, 0.15) is 6.92 Å². The second-order valence-corrected chi connectivity index (χ2v) is 7.05. The quantitative estimate of drug-likeness (QED) is 0.884. The molecule has 0 bridgehead atoms. The van der Waals surface area contributed by atoms with Crippen molar-refractivity contribution in [2.45, 2.75) is 16.5 Å². The van der Waals surface area contributed by atoms with Crippen LogP contribution in [0.2, 0.25) is 0 Å². The maximum Gasteiger partial charge on any atom is 0.324 e. The first kappa shape index (κ1) is 13.4. The highest BCUT2D eigenvalue weighted by atomic mass is 32.2. The third kappa shape index (κ3) is 2.51. The van der Waals surface area contributed by atoms with Crippen LogP contribution in [0.25, 0.3) is 10.2 Å². The zero-order valence-electron chi connectivity index (χ0n) is 10.8. The lowest BCUT2D eigenvalue weighted by molar-refractivity contribution is -0.126. The minimum Gasteiger partial charge on any atom is -0.336 e. The number of urea groups is 1. The number of thioether (sulfide) groups is 1. The number of benzene rings is 1. The number of imide groups is 1. The standard InChI is InChI=1S/C13H13N3O2S2/c1-8(11(17)16-7-6-14-12(16)18)19-13-15-9-4-2-3-5-10(9)20-13/h2-5,8H,6-7H2,1H3,(H,14,18). The summed E-state index contributed by atoms with van der Waals surface area (Å²) in [6, 6.07) is 7.58. The SMILES string of the molecule is CC(Sc1nc2ccccc2s1)C(=O)N1CCNC1=O. The largest absolute Gasteiger partial charge is 0.336 e. The van der Waals surface area contributed by atoms with Crippen LogP contribution < -0.4 is 5.32 Å². The Labute approximate surface area is 124 Å². The summed E-state index contributed by atoms with van der Waals surface area (Å²) in [7, 11) is 0. The monoisotopic (exact) mass is 307 g/mol. The molecule has 1 N–H and O–H groups in total. The van der Waals surface area contributed by atoms with Crippen molar-refractivity contribution in [1.82, 2.24) is 15.2 Å². The van der Waals surface area contributed by atoms with Gasteiger partial charge in [0.05, 0.1) is 15.5 Å². The lowest BCUT2D eigenvalue weighted by Gasteiger charge is -2.16. The van der Waals surface area contributed by atoms with Crippen LogP contribution >= 0.6 is 23.1 Å². The molecule has 1 atom stereocenters. The molecule has 1 aliphatic heterocycles. The Balaban J connectivity index is 1.73. The van der Waals surface area contributed by atoms with E-state index in [9.17, 15) is 9.59 Å². The van der Waals surface area contributed by atoms with E-state index >= 15 is 0 Å². The van der Waals surface area contributed by atoms with E-state index < -0.39 is 0 Å². The highest BCUT2D eigenvalue weighted by Crippen LogP contribution is 2.32. The molecule has 0 aliphatic carbocycles.